The Balaban J connectivity index is 1.63. The van der Waals surface area contributed by atoms with Crippen molar-refractivity contribution in [3.8, 4) is 11.5 Å². The second-order valence-electron chi connectivity index (χ2n) is 6.93. The maximum atomic E-state index is 11.5. The van der Waals surface area contributed by atoms with Crippen LogP contribution in [-0.4, -0.2) is 17.9 Å². The van der Waals surface area contributed by atoms with E-state index < -0.39 is 5.97 Å². The third-order valence-corrected chi connectivity index (χ3v) is 6.81. The number of carboxylic acids is 1. The van der Waals surface area contributed by atoms with Crippen LogP contribution in [0.2, 0.25) is 0 Å². The number of carbonyl (C=O) groups is 1. The number of benzene rings is 2. The van der Waals surface area contributed by atoms with Crippen molar-refractivity contribution in [3.63, 3.8) is 0 Å². The van der Waals surface area contributed by atoms with Crippen molar-refractivity contribution < 1.29 is 19.4 Å². The van der Waals surface area contributed by atoms with E-state index in [9.17, 15) is 9.90 Å². The van der Waals surface area contributed by atoms with E-state index in [1.165, 1.54) is 0 Å². The van der Waals surface area contributed by atoms with Crippen molar-refractivity contribution in [2.75, 3.05) is 12.1 Å². The zero-order chi connectivity index (χ0) is 18.7. The summed E-state index contributed by atoms with van der Waals surface area (Å²) in [7, 11) is 0. The van der Waals surface area contributed by atoms with Crippen molar-refractivity contribution >= 4 is 43.5 Å². The van der Waals surface area contributed by atoms with Gasteiger partial charge in [0, 0.05) is 14.9 Å². The monoisotopic (exact) mass is 491 g/mol. The predicted molar refractivity (Wildman–Crippen MR) is 108 cm³/mol. The Morgan fingerprint density at radius 1 is 1.07 bits per heavy atom. The van der Waals surface area contributed by atoms with Crippen molar-refractivity contribution in [3.05, 3.63) is 62.1 Å². The molecule has 5 nitrogen and oxygen atoms in total. The molecule has 2 aromatic carbocycles. The minimum absolute atomic E-state index is 0.0633. The fraction of sp³-hybridized carbons (Fsp3) is 0.250. The number of nitrogens with one attached hydrogen (secondary N) is 1. The highest BCUT2D eigenvalue weighted by molar-refractivity contribution is 9.11. The summed E-state index contributed by atoms with van der Waals surface area (Å²) >= 11 is 7.25. The van der Waals surface area contributed by atoms with Crippen molar-refractivity contribution in [1.82, 2.24) is 0 Å². The van der Waals surface area contributed by atoms with E-state index in [1.54, 1.807) is 12.1 Å². The highest BCUT2D eigenvalue weighted by Gasteiger charge is 2.40. The molecule has 0 bridgehead atoms. The molecule has 2 aliphatic heterocycles. The van der Waals surface area contributed by atoms with E-state index in [-0.39, 0.29) is 18.8 Å². The minimum atomic E-state index is -0.919. The molecule has 0 unspecified atom stereocenters. The molecule has 138 valence electrons. The number of allylic oxidation sites excluding steroid dienone is 2. The summed E-state index contributed by atoms with van der Waals surface area (Å²) in [6.45, 7) is 0.239. The van der Waals surface area contributed by atoms with Gasteiger partial charge in [-0.2, -0.15) is 0 Å². The first-order chi connectivity index (χ1) is 13.0. The van der Waals surface area contributed by atoms with E-state index in [0.29, 0.717) is 11.5 Å². The average Bonchev–Trinajstić information content (AvgIpc) is 3.29. The van der Waals surface area contributed by atoms with Gasteiger partial charge in [0.25, 0.3) is 0 Å². The quantitative estimate of drug-likeness (QED) is 0.544. The Hall–Kier alpha value is -1.99. The van der Waals surface area contributed by atoms with Gasteiger partial charge >= 0.3 is 5.97 Å². The van der Waals surface area contributed by atoms with Crippen LogP contribution in [0.3, 0.4) is 0 Å². The molecule has 27 heavy (non-hydrogen) atoms. The smallest absolute Gasteiger partial charge is 0.335 e. The number of ether oxygens (including phenoxy) is 2. The maximum Gasteiger partial charge on any atom is 0.335 e. The molecule has 0 fully saturated rings. The molecule has 0 radical (unpaired) electrons. The molecule has 2 N–H and O–H groups in total. The SMILES string of the molecule is O=C(O)c1cc(Br)c2c(c1)[C@@H]1C=CC[C@H]1[C@@H](c1cc3c(cc1Br)OCO3)N2. The van der Waals surface area contributed by atoms with Gasteiger partial charge < -0.3 is 19.9 Å². The normalized spacial score (nSPS) is 24.3. The van der Waals surface area contributed by atoms with Gasteiger partial charge in [0.15, 0.2) is 11.5 Å². The molecule has 0 saturated heterocycles. The van der Waals surface area contributed by atoms with Crippen LogP contribution in [0.25, 0.3) is 0 Å². The Bertz CT molecular complexity index is 1000. The number of fused-ring (bicyclic) bond motifs is 4. The molecule has 0 amide bonds. The first-order valence-electron chi connectivity index (χ1n) is 8.62. The number of hydrogen-bond acceptors (Lipinski definition) is 4. The Morgan fingerprint density at radius 3 is 2.63 bits per heavy atom. The molecule has 3 aliphatic rings. The van der Waals surface area contributed by atoms with Gasteiger partial charge in [-0.1, -0.05) is 28.1 Å². The van der Waals surface area contributed by atoms with Gasteiger partial charge in [-0.05, 0) is 63.7 Å². The van der Waals surface area contributed by atoms with Gasteiger partial charge in [0.2, 0.25) is 6.79 Å². The van der Waals surface area contributed by atoms with Crippen LogP contribution < -0.4 is 14.8 Å². The maximum absolute atomic E-state index is 11.5. The molecule has 5 rings (SSSR count). The Morgan fingerprint density at radius 2 is 1.85 bits per heavy atom. The van der Waals surface area contributed by atoms with E-state index >= 15 is 0 Å². The molecule has 0 spiro atoms. The van der Waals surface area contributed by atoms with E-state index in [4.69, 9.17) is 9.47 Å². The van der Waals surface area contributed by atoms with Crippen LogP contribution in [-0.2, 0) is 0 Å². The molecule has 7 heteroatoms. The van der Waals surface area contributed by atoms with Crippen LogP contribution in [0.4, 0.5) is 5.69 Å². The topological polar surface area (TPSA) is 67.8 Å². The number of halogens is 2. The van der Waals surface area contributed by atoms with E-state index in [1.807, 2.05) is 12.1 Å². The van der Waals surface area contributed by atoms with Crippen molar-refractivity contribution in [2.45, 2.75) is 18.4 Å². The second-order valence-corrected chi connectivity index (χ2v) is 8.64. The van der Waals surface area contributed by atoms with Crippen LogP contribution >= 0.6 is 31.9 Å². The lowest BCUT2D eigenvalue weighted by Gasteiger charge is -2.38. The predicted octanol–water partition coefficient (Wildman–Crippen LogP) is 5.47. The van der Waals surface area contributed by atoms with Crippen molar-refractivity contribution in [1.29, 1.82) is 0 Å². The molecular formula is C20H15Br2NO4. The van der Waals surface area contributed by atoms with Crippen LogP contribution in [0.5, 0.6) is 11.5 Å². The molecule has 2 heterocycles. The highest BCUT2D eigenvalue weighted by atomic mass is 79.9. The summed E-state index contributed by atoms with van der Waals surface area (Å²) < 4.78 is 12.8. The molecule has 2 aromatic rings. The number of aromatic carboxylic acids is 1. The first-order valence-corrected chi connectivity index (χ1v) is 10.2. The van der Waals surface area contributed by atoms with Gasteiger partial charge in [-0.25, -0.2) is 4.79 Å². The zero-order valence-corrected chi connectivity index (χ0v) is 17.2. The Kier molecular flexibility index (Phi) is 3.98. The molecule has 3 atom stereocenters. The van der Waals surface area contributed by atoms with Crippen molar-refractivity contribution in [2.24, 2.45) is 5.92 Å². The lowest BCUT2D eigenvalue weighted by Crippen LogP contribution is -2.30. The largest absolute Gasteiger partial charge is 0.478 e. The fourth-order valence-electron chi connectivity index (χ4n) is 4.26. The number of rotatable bonds is 2. The van der Waals surface area contributed by atoms with Crippen LogP contribution in [0.15, 0.2) is 45.4 Å². The lowest BCUT2D eigenvalue weighted by molar-refractivity contribution is 0.0696. The first kappa shape index (κ1) is 17.1. The summed E-state index contributed by atoms with van der Waals surface area (Å²) in [5.41, 5.74) is 3.37. The summed E-state index contributed by atoms with van der Waals surface area (Å²) in [6, 6.07) is 7.49. The van der Waals surface area contributed by atoms with E-state index in [0.717, 1.165) is 43.7 Å². The van der Waals surface area contributed by atoms with Gasteiger partial charge in [-0.15, -0.1) is 0 Å². The molecule has 0 aromatic heterocycles. The number of anilines is 1. The molecule has 1 aliphatic carbocycles. The average molecular weight is 493 g/mol. The Labute approximate surface area is 172 Å². The van der Waals surface area contributed by atoms with Gasteiger partial charge in [0.05, 0.1) is 17.3 Å². The van der Waals surface area contributed by atoms with Crippen LogP contribution in [0, 0.1) is 5.92 Å². The molecular weight excluding hydrogens is 478 g/mol. The fourth-order valence-corrected chi connectivity index (χ4v) is 5.42. The van der Waals surface area contributed by atoms with Gasteiger partial charge in [-0.3, -0.25) is 0 Å². The minimum Gasteiger partial charge on any atom is -0.478 e. The summed E-state index contributed by atoms with van der Waals surface area (Å²) in [6.07, 6.45) is 5.30. The second kappa shape index (κ2) is 6.27. The number of carboxylic acid groups (broad SMARTS) is 1. The lowest BCUT2D eigenvalue weighted by atomic mass is 9.76. The highest BCUT2D eigenvalue weighted by Crippen LogP contribution is 2.53. The zero-order valence-electron chi connectivity index (χ0n) is 14.0. The third-order valence-electron chi connectivity index (χ3n) is 5.49. The summed E-state index contributed by atoms with van der Waals surface area (Å²) in [5, 5.41) is 13.1. The van der Waals surface area contributed by atoms with Crippen LogP contribution in [0.1, 0.15) is 39.9 Å². The summed E-state index contributed by atoms with van der Waals surface area (Å²) in [5.74, 6) is 1.04. The third kappa shape index (κ3) is 2.67. The van der Waals surface area contributed by atoms with E-state index in [2.05, 4.69) is 49.3 Å². The summed E-state index contributed by atoms with van der Waals surface area (Å²) in [4.78, 5) is 11.5. The van der Waals surface area contributed by atoms with Gasteiger partial charge in [0.1, 0.15) is 0 Å². The standard InChI is InChI=1S/C20H15Br2NO4/c21-14-7-17-16(26-8-27-17)6-13(14)18-11-3-1-2-10(11)12-4-9(20(24)25)5-15(22)19(12)23-18/h1-2,4-7,10-11,18,23H,3,8H2,(H,24,25)/t10-,11-,18+/m1/s1. The number of hydrogen-bond donors (Lipinski definition) is 2. The molecule has 0 saturated carbocycles.